The Morgan fingerprint density at radius 3 is 2.38 bits per heavy atom. The van der Waals surface area contributed by atoms with Gasteiger partial charge in [0.15, 0.2) is 0 Å². The van der Waals surface area contributed by atoms with Crippen molar-refractivity contribution in [3.05, 3.63) is 78.1 Å². The molecule has 0 aromatic heterocycles. The number of carbonyl (C=O) groups is 2. The van der Waals surface area contributed by atoms with Crippen molar-refractivity contribution in [3.63, 3.8) is 0 Å². The van der Waals surface area contributed by atoms with Gasteiger partial charge in [0, 0.05) is 24.3 Å². The van der Waals surface area contributed by atoms with Crippen LogP contribution in [0.2, 0.25) is 0 Å². The maximum atomic E-state index is 13.5. The lowest BCUT2D eigenvalue weighted by molar-refractivity contribution is -0.117. The highest BCUT2D eigenvalue weighted by molar-refractivity contribution is 7.92. The van der Waals surface area contributed by atoms with Crippen molar-refractivity contribution in [2.24, 2.45) is 0 Å². The third-order valence-corrected chi connectivity index (χ3v) is 7.76. The topological polar surface area (TPSA) is 96.0 Å². The first kappa shape index (κ1) is 26.2. The summed E-state index contributed by atoms with van der Waals surface area (Å²) in [5, 5.41) is 2.74. The van der Waals surface area contributed by atoms with E-state index in [2.05, 4.69) is 5.32 Å². The Morgan fingerprint density at radius 1 is 1.08 bits per heavy atom. The first-order chi connectivity index (χ1) is 17.7. The minimum Gasteiger partial charge on any atom is -0.494 e. The quantitative estimate of drug-likeness (QED) is 0.444. The Hall–Kier alpha value is -3.92. The van der Waals surface area contributed by atoms with E-state index >= 15 is 0 Å². The summed E-state index contributed by atoms with van der Waals surface area (Å²) in [6, 6.07) is 16.0. The summed E-state index contributed by atoms with van der Waals surface area (Å²) >= 11 is 0. The van der Waals surface area contributed by atoms with Crippen LogP contribution in [0, 0.1) is 12.7 Å². The molecule has 1 fully saturated rings. The Kier molecular flexibility index (Phi) is 7.77. The smallest absolute Gasteiger partial charge is 0.264 e. The number of anilines is 3. The molecule has 0 bridgehead atoms. The molecular weight excluding hydrogens is 497 g/mol. The molecule has 0 spiro atoms. The van der Waals surface area contributed by atoms with Crippen molar-refractivity contribution >= 4 is 38.9 Å². The van der Waals surface area contributed by atoms with E-state index in [-0.39, 0.29) is 16.5 Å². The molecule has 3 aromatic rings. The normalized spacial score (nSPS) is 13.5. The number of halogens is 1. The van der Waals surface area contributed by atoms with Crippen molar-refractivity contribution in [1.29, 1.82) is 0 Å². The molecule has 0 radical (unpaired) electrons. The van der Waals surface area contributed by atoms with Crippen LogP contribution in [0.4, 0.5) is 21.5 Å². The second-order valence-electron chi connectivity index (χ2n) is 8.59. The largest absolute Gasteiger partial charge is 0.494 e. The number of hydrogen-bond acceptors (Lipinski definition) is 5. The SMILES string of the molecule is CCOc1ccc(N(CC(=O)Nc2ccc(N3CCCC3=O)c(C)c2)S(=O)(=O)c2ccc(F)cc2)cc1. The van der Waals surface area contributed by atoms with Crippen LogP contribution in [-0.2, 0) is 19.6 Å². The van der Waals surface area contributed by atoms with E-state index in [1.54, 1.807) is 47.4 Å². The van der Waals surface area contributed by atoms with Gasteiger partial charge < -0.3 is 15.0 Å². The third-order valence-electron chi connectivity index (χ3n) is 5.97. The number of carbonyl (C=O) groups excluding carboxylic acids is 2. The lowest BCUT2D eigenvalue weighted by Gasteiger charge is -2.24. The molecule has 37 heavy (non-hydrogen) atoms. The molecule has 3 aromatic carbocycles. The first-order valence-corrected chi connectivity index (χ1v) is 13.3. The molecule has 4 rings (SSSR count). The van der Waals surface area contributed by atoms with E-state index in [1.165, 1.54) is 0 Å². The second-order valence-corrected chi connectivity index (χ2v) is 10.5. The molecule has 0 aliphatic carbocycles. The average molecular weight is 526 g/mol. The second kappa shape index (κ2) is 11.0. The lowest BCUT2D eigenvalue weighted by atomic mass is 10.1. The molecule has 1 N–H and O–H groups in total. The van der Waals surface area contributed by atoms with Crippen LogP contribution in [0.15, 0.2) is 71.6 Å². The van der Waals surface area contributed by atoms with Gasteiger partial charge >= 0.3 is 0 Å². The Balaban J connectivity index is 1.58. The minimum absolute atomic E-state index is 0.0666. The van der Waals surface area contributed by atoms with Gasteiger partial charge in [0.2, 0.25) is 11.8 Å². The molecule has 0 atom stereocenters. The first-order valence-electron chi connectivity index (χ1n) is 11.9. The highest BCUT2D eigenvalue weighted by Gasteiger charge is 2.28. The van der Waals surface area contributed by atoms with Crippen LogP contribution < -0.4 is 19.3 Å². The number of ether oxygens (including phenoxy) is 1. The highest BCUT2D eigenvalue weighted by atomic mass is 32.2. The van der Waals surface area contributed by atoms with E-state index in [0.717, 1.165) is 46.2 Å². The zero-order valence-corrected chi connectivity index (χ0v) is 21.4. The number of benzene rings is 3. The number of aryl methyl sites for hydroxylation is 1. The summed E-state index contributed by atoms with van der Waals surface area (Å²) in [6.45, 7) is 4.27. The van der Waals surface area contributed by atoms with Gasteiger partial charge in [-0.05, 0) is 92.6 Å². The van der Waals surface area contributed by atoms with Gasteiger partial charge in [-0.15, -0.1) is 0 Å². The van der Waals surface area contributed by atoms with Crippen molar-refractivity contribution in [1.82, 2.24) is 0 Å². The fourth-order valence-corrected chi connectivity index (χ4v) is 5.61. The Labute approximate surface area is 215 Å². The van der Waals surface area contributed by atoms with Gasteiger partial charge in [-0.3, -0.25) is 13.9 Å². The summed E-state index contributed by atoms with van der Waals surface area (Å²) in [4.78, 5) is 26.7. The maximum Gasteiger partial charge on any atom is 0.264 e. The highest BCUT2D eigenvalue weighted by Crippen LogP contribution is 2.29. The Bertz CT molecular complexity index is 1390. The average Bonchev–Trinajstić information content (AvgIpc) is 3.29. The van der Waals surface area contributed by atoms with Gasteiger partial charge in [0.25, 0.3) is 10.0 Å². The molecule has 2 amide bonds. The fourth-order valence-electron chi connectivity index (χ4n) is 4.19. The van der Waals surface area contributed by atoms with Gasteiger partial charge in [-0.1, -0.05) is 0 Å². The van der Waals surface area contributed by atoms with E-state index < -0.39 is 28.3 Å². The van der Waals surface area contributed by atoms with Crippen LogP contribution in [0.1, 0.15) is 25.3 Å². The Morgan fingerprint density at radius 2 is 1.78 bits per heavy atom. The number of nitrogens with one attached hydrogen (secondary N) is 1. The molecule has 1 saturated heterocycles. The zero-order valence-electron chi connectivity index (χ0n) is 20.6. The molecule has 1 heterocycles. The molecule has 8 nitrogen and oxygen atoms in total. The minimum atomic E-state index is -4.19. The molecule has 1 aliphatic heterocycles. The molecular formula is C27H28FN3O5S. The van der Waals surface area contributed by atoms with E-state index in [9.17, 15) is 22.4 Å². The lowest BCUT2D eigenvalue weighted by Crippen LogP contribution is -2.38. The fraction of sp³-hybridized carbons (Fsp3) is 0.259. The third kappa shape index (κ3) is 5.91. The predicted molar refractivity (Wildman–Crippen MR) is 140 cm³/mol. The molecule has 0 unspecified atom stereocenters. The van der Waals surface area contributed by atoms with Crippen LogP contribution in [-0.4, -0.2) is 39.9 Å². The summed E-state index contributed by atoms with van der Waals surface area (Å²) in [5.74, 6) is -0.513. The van der Waals surface area contributed by atoms with Crippen molar-refractivity contribution in [2.75, 3.05) is 34.2 Å². The molecule has 10 heteroatoms. The van der Waals surface area contributed by atoms with E-state index in [0.29, 0.717) is 31.0 Å². The van der Waals surface area contributed by atoms with Crippen LogP contribution in [0.5, 0.6) is 5.75 Å². The molecule has 1 aliphatic rings. The van der Waals surface area contributed by atoms with Crippen LogP contribution in [0.25, 0.3) is 0 Å². The van der Waals surface area contributed by atoms with Crippen molar-refractivity contribution < 1.29 is 27.1 Å². The summed E-state index contributed by atoms with van der Waals surface area (Å²) in [5.41, 5.74) is 2.33. The standard InChI is InChI=1S/C27H28FN3O5S/c1-3-36-23-11-9-22(10-12-23)31(37(34,35)24-13-6-20(28)7-14-24)18-26(32)29-21-8-15-25(19(2)17-21)30-16-4-5-27(30)33/h6-15,17H,3-5,16,18H2,1-2H3,(H,29,32). The van der Waals surface area contributed by atoms with Crippen LogP contribution >= 0.6 is 0 Å². The number of nitrogens with zero attached hydrogens (tertiary/aromatic N) is 2. The number of rotatable bonds is 9. The number of hydrogen-bond donors (Lipinski definition) is 1. The van der Waals surface area contributed by atoms with E-state index in [1.807, 2.05) is 13.8 Å². The van der Waals surface area contributed by atoms with E-state index in [4.69, 9.17) is 4.74 Å². The molecule has 194 valence electrons. The summed E-state index contributed by atoms with van der Waals surface area (Å²) < 4.78 is 46.8. The van der Waals surface area contributed by atoms with Gasteiger partial charge in [-0.25, -0.2) is 12.8 Å². The zero-order chi connectivity index (χ0) is 26.6. The molecule has 0 saturated carbocycles. The summed E-state index contributed by atoms with van der Waals surface area (Å²) in [7, 11) is -4.19. The van der Waals surface area contributed by atoms with Gasteiger partial charge in [0.1, 0.15) is 18.1 Å². The number of amides is 2. The van der Waals surface area contributed by atoms with Crippen molar-refractivity contribution in [2.45, 2.75) is 31.6 Å². The summed E-state index contributed by atoms with van der Waals surface area (Å²) in [6.07, 6.45) is 1.32. The van der Waals surface area contributed by atoms with Gasteiger partial charge in [-0.2, -0.15) is 0 Å². The maximum absolute atomic E-state index is 13.5. The van der Waals surface area contributed by atoms with Crippen LogP contribution in [0.3, 0.4) is 0 Å². The monoisotopic (exact) mass is 525 g/mol. The number of sulfonamides is 1. The predicted octanol–water partition coefficient (Wildman–Crippen LogP) is 4.49. The van der Waals surface area contributed by atoms with Gasteiger partial charge in [0.05, 0.1) is 17.2 Å². The van der Waals surface area contributed by atoms with Crippen molar-refractivity contribution in [3.8, 4) is 5.75 Å².